The van der Waals surface area contributed by atoms with Crippen LogP contribution in [0.5, 0.6) is 0 Å². The molecule has 2 amide bonds. The van der Waals surface area contributed by atoms with Crippen molar-refractivity contribution in [1.82, 2.24) is 4.57 Å². The van der Waals surface area contributed by atoms with Crippen molar-refractivity contribution in [2.45, 2.75) is 0 Å². The molecular weight excluding hydrogens is 641 g/mol. The summed E-state index contributed by atoms with van der Waals surface area (Å²) < 4.78 is 2.04. The van der Waals surface area contributed by atoms with Crippen LogP contribution >= 0.6 is 0 Å². The number of aromatic nitrogens is 1. The lowest BCUT2D eigenvalue weighted by molar-refractivity contribution is 0.0926. The predicted molar refractivity (Wildman–Crippen MR) is 204 cm³/mol. The minimum absolute atomic E-state index is 0.309. The first-order chi connectivity index (χ1) is 25.6. The summed E-state index contributed by atoms with van der Waals surface area (Å²) in [5, 5.41) is 22.0. The molecule has 1 aromatic heterocycles. The number of carbonyl (C=O) groups is 2. The van der Waals surface area contributed by atoms with Gasteiger partial charge in [-0.15, -0.1) is 0 Å². The van der Waals surface area contributed by atoms with Crippen molar-refractivity contribution < 1.29 is 9.59 Å². The summed E-state index contributed by atoms with van der Waals surface area (Å²) in [5.41, 5.74) is 9.58. The highest BCUT2D eigenvalue weighted by atomic mass is 16.2. The highest BCUT2D eigenvalue weighted by molar-refractivity contribution is 6.36. The normalized spacial score (nSPS) is 12.2. The topological polar surface area (TPSA) is 89.9 Å². The van der Waals surface area contributed by atoms with E-state index < -0.39 is 5.91 Å². The number of benzene rings is 7. The molecule has 0 N–H and O–H groups in total. The molecule has 8 aromatic rings. The Hall–Kier alpha value is -7.54. The zero-order valence-electron chi connectivity index (χ0n) is 27.6. The van der Waals surface area contributed by atoms with Crippen LogP contribution in [0.25, 0.3) is 60.9 Å². The Morgan fingerprint density at radius 2 is 0.904 bits per heavy atom. The van der Waals surface area contributed by atoms with Crippen molar-refractivity contribution in [2.75, 3.05) is 4.90 Å². The summed E-state index contributed by atoms with van der Waals surface area (Å²) in [7, 11) is 0. The van der Waals surface area contributed by atoms with Gasteiger partial charge < -0.3 is 4.57 Å². The summed E-state index contributed by atoms with van der Waals surface area (Å²) in [5.74, 6) is -0.794. The Morgan fingerprint density at radius 3 is 1.48 bits per heavy atom. The number of fused-ring (bicyclic) bond motifs is 4. The summed E-state index contributed by atoms with van der Waals surface area (Å²) in [6.07, 6.45) is 0. The molecular formula is C46H26N4O2. The minimum Gasteiger partial charge on any atom is -0.308 e. The first-order valence-electron chi connectivity index (χ1n) is 16.8. The summed E-state index contributed by atoms with van der Waals surface area (Å²) in [6, 6.07) is 54.3. The summed E-state index contributed by atoms with van der Waals surface area (Å²) >= 11 is 0. The average Bonchev–Trinajstić information content (AvgIpc) is 3.69. The minimum atomic E-state index is -0.407. The van der Waals surface area contributed by atoms with Gasteiger partial charge in [0, 0.05) is 21.9 Å². The Labute approximate surface area is 299 Å². The molecule has 1 aliphatic rings. The quantitative estimate of drug-likeness (QED) is 0.171. The van der Waals surface area contributed by atoms with Gasteiger partial charge in [-0.05, 0) is 70.8 Å². The maximum atomic E-state index is 14.5. The van der Waals surface area contributed by atoms with Gasteiger partial charge in [0.15, 0.2) is 0 Å². The first-order valence-corrected chi connectivity index (χ1v) is 16.8. The van der Waals surface area contributed by atoms with Crippen LogP contribution in [0.1, 0.15) is 31.8 Å². The number of nitriles is 2. The Bertz CT molecular complexity index is 2740. The molecule has 7 aromatic carbocycles. The lowest BCUT2D eigenvalue weighted by Crippen LogP contribution is -2.29. The van der Waals surface area contributed by atoms with E-state index in [9.17, 15) is 20.1 Å². The molecule has 0 bridgehead atoms. The molecule has 52 heavy (non-hydrogen) atoms. The number of carbonyl (C=O) groups excluding carboxylic acids is 2. The van der Waals surface area contributed by atoms with Crippen LogP contribution in [0.15, 0.2) is 158 Å². The van der Waals surface area contributed by atoms with Crippen LogP contribution in [0, 0.1) is 22.7 Å². The van der Waals surface area contributed by atoms with Gasteiger partial charge in [-0.1, -0.05) is 109 Å². The predicted octanol–water partition coefficient (Wildman–Crippen LogP) is 10.3. The van der Waals surface area contributed by atoms with E-state index in [1.165, 1.54) is 4.90 Å². The molecule has 0 fully saturated rings. The average molecular weight is 667 g/mol. The Balaban J connectivity index is 1.30. The molecule has 242 valence electrons. The number of hydrogen-bond donors (Lipinski definition) is 0. The number of imide groups is 1. The highest BCUT2D eigenvalue weighted by Gasteiger charge is 2.39. The van der Waals surface area contributed by atoms with Crippen LogP contribution in [0.3, 0.4) is 0 Å². The van der Waals surface area contributed by atoms with Gasteiger partial charge in [0.05, 0.1) is 56.8 Å². The van der Waals surface area contributed by atoms with Gasteiger partial charge in [-0.2, -0.15) is 10.5 Å². The second-order valence-electron chi connectivity index (χ2n) is 12.6. The van der Waals surface area contributed by atoms with Crippen molar-refractivity contribution in [3.05, 3.63) is 180 Å². The number of nitrogens with zero attached hydrogens (tertiary/aromatic N) is 4. The molecule has 0 saturated carbocycles. The number of rotatable bonds is 5. The largest absolute Gasteiger partial charge is 0.308 e. The zero-order chi connectivity index (χ0) is 35.3. The highest BCUT2D eigenvalue weighted by Crippen LogP contribution is 2.45. The smallest absolute Gasteiger partial charge is 0.268 e. The lowest BCUT2D eigenvalue weighted by atomic mass is 9.91. The summed E-state index contributed by atoms with van der Waals surface area (Å²) in [4.78, 5) is 29.8. The third-order valence-electron chi connectivity index (χ3n) is 9.86. The lowest BCUT2D eigenvalue weighted by Gasteiger charge is -2.15. The number of amides is 2. The van der Waals surface area contributed by atoms with E-state index in [2.05, 4.69) is 12.1 Å². The molecule has 0 unspecified atom stereocenters. The van der Waals surface area contributed by atoms with Crippen LogP contribution in [0.4, 0.5) is 5.69 Å². The third kappa shape index (κ3) is 4.56. The molecule has 0 spiro atoms. The molecule has 9 rings (SSSR count). The molecule has 0 radical (unpaired) electrons. The van der Waals surface area contributed by atoms with Crippen LogP contribution in [0.2, 0.25) is 0 Å². The SMILES string of the molecule is N#Cc1ccccc1-c1cccc2c1c1c(-c3ccccc3C#N)cccc1n2-c1cccc2c1C(=O)N(c1ccc(-c3ccccc3)cc1)C2=O. The van der Waals surface area contributed by atoms with Gasteiger partial charge in [0.2, 0.25) is 0 Å². The maximum Gasteiger partial charge on any atom is 0.268 e. The molecule has 6 nitrogen and oxygen atoms in total. The van der Waals surface area contributed by atoms with Gasteiger partial charge in [0.25, 0.3) is 11.8 Å². The number of hydrogen-bond acceptors (Lipinski definition) is 4. The van der Waals surface area contributed by atoms with Gasteiger partial charge >= 0.3 is 0 Å². The maximum absolute atomic E-state index is 14.5. The van der Waals surface area contributed by atoms with E-state index in [-0.39, 0.29) is 5.91 Å². The number of anilines is 1. The summed E-state index contributed by atoms with van der Waals surface area (Å²) in [6.45, 7) is 0. The van der Waals surface area contributed by atoms with Crippen LogP contribution in [-0.4, -0.2) is 16.4 Å². The fourth-order valence-electron chi connectivity index (χ4n) is 7.57. The van der Waals surface area contributed by atoms with Gasteiger partial charge in [0.1, 0.15) is 0 Å². The molecule has 0 saturated heterocycles. The van der Waals surface area contributed by atoms with E-state index >= 15 is 0 Å². The molecule has 2 heterocycles. The van der Waals surface area contributed by atoms with Gasteiger partial charge in [-0.3, -0.25) is 9.59 Å². The van der Waals surface area contributed by atoms with E-state index in [4.69, 9.17) is 0 Å². The van der Waals surface area contributed by atoms with Gasteiger partial charge in [-0.25, -0.2) is 4.90 Å². The third-order valence-corrected chi connectivity index (χ3v) is 9.86. The molecule has 1 aliphatic heterocycles. The standard InChI is InChI=1S/C46H26N4O2/c47-27-31-13-4-6-15-34(31)36-17-8-20-39-42(36)43-37(35-16-7-5-14-32(35)28-48)18-9-21-40(43)50(39)41-22-10-19-38-44(41)46(52)49(45(38)51)33-25-23-30(24-26-33)29-11-2-1-3-12-29/h1-26H. The zero-order valence-corrected chi connectivity index (χ0v) is 27.6. The van der Waals surface area contributed by atoms with Crippen molar-refractivity contribution in [2.24, 2.45) is 0 Å². The van der Waals surface area contributed by atoms with E-state index in [0.717, 1.165) is 55.2 Å². The second kappa shape index (κ2) is 12.1. The van der Waals surface area contributed by atoms with Crippen molar-refractivity contribution >= 4 is 39.3 Å². The van der Waals surface area contributed by atoms with Crippen LogP contribution in [-0.2, 0) is 0 Å². The fourth-order valence-corrected chi connectivity index (χ4v) is 7.57. The van der Waals surface area contributed by atoms with Crippen molar-refractivity contribution in [1.29, 1.82) is 10.5 Å². The second-order valence-corrected chi connectivity index (χ2v) is 12.6. The molecule has 6 heteroatoms. The van der Waals surface area contributed by atoms with Crippen LogP contribution < -0.4 is 4.90 Å². The van der Waals surface area contributed by atoms with Crippen molar-refractivity contribution in [3.8, 4) is 51.2 Å². The van der Waals surface area contributed by atoms with Crippen molar-refractivity contribution in [3.63, 3.8) is 0 Å². The van der Waals surface area contributed by atoms with E-state index in [0.29, 0.717) is 33.6 Å². The Kier molecular flexibility index (Phi) is 7.10. The molecule has 0 atom stereocenters. The Morgan fingerprint density at radius 1 is 0.423 bits per heavy atom. The fraction of sp³-hybridized carbons (Fsp3) is 0. The van der Waals surface area contributed by atoms with E-state index in [1.54, 1.807) is 18.2 Å². The first kappa shape index (κ1) is 30.5. The molecule has 0 aliphatic carbocycles. The van der Waals surface area contributed by atoms with E-state index in [1.807, 2.05) is 144 Å². The monoisotopic (exact) mass is 666 g/mol.